The minimum absolute atomic E-state index is 0.0895. The molecule has 0 aliphatic heterocycles. The highest BCUT2D eigenvalue weighted by Crippen LogP contribution is 2.22. The summed E-state index contributed by atoms with van der Waals surface area (Å²) in [5.74, 6) is 0.430. The van der Waals surface area contributed by atoms with E-state index in [0.717, 1.165) is 10.9 Å². The molecular weight excluding hydrogens is 330 g/mol. The second-order valence-corrected chi connectivity index (χ2v) is 5.38. The van der Waals surface area contributed by atoms with Gasteiger partial charge in [-0.1, -0.05) is 18.2 Å². The van der Waals surface area contributed by atoms with Gasteiger partial charge in [0.1, 0.15) is 17.8 Å². The molecule has 9 heteroatoms. The van der Waals surface area contributed by atoms with E-state index in [2.05, 4.69) is 25.4 Å². The van der Waals surface area contributed by atoms with Crippen LogP contribution in [-0.4, -0.2) is 24.6 Å². The highest BCUT2D eigenvalue weighted by Gasteiger charge is 2.15. The second kappa shape index (κ2) is 5.93. The number of benzene rings is 1. The van der Waals surface area contributed by atoms with Gasteiger partial charge in [-0.3, -0.25) is 4.79 Å². The van der Waals surface area contributed by atoms with E-state index in [9.17, 15) is 13.6 Å². The van der Waals surface area contributed by atoms with Gasteiger partial charge in [0.15, 0.2) is 0 Å². The molecule has 0 aliphatic rings. The second-order valence-electron chi connectivity index (χ2n) is 5.38. The molecule has 0 unspecified atom stereocenters. The molecule has 126 valence electrons. The number of aromatic amines is 1. The highest BCUT2D eigenvalue weighted by atomic mass is 19.3. The van der Waals surface area contributed by atoms with E-state index in [4.69, 9.17) is 0 Å². The first-order valence-electron chi connectivity index (χ1n) is 7.45. The molecular formula is C16H12F2N6O. The number of hydrogen-bond donors (Lipinski definition) is 2. The Morgan fingerprint density at radius 2 is 2.04 bits per heavy atom. The van der Waals surface area contributed by atoms with Gasteiger partial charge < -0.3 is 10.3 Å². The number of nitrogens with zero attached hydrogens (tertiary/aromatic N) is 4. The predicted octanol–water partition coefficient (Wildman–Crippen LogP) is 2.52. The van der Waals surface area contributed by atoms with Gasteiger partial charge >= 0.3 is 0 Å². The summed E-state index contributed by atoms with van der Waals surface area (Å²) in [6.07, 6.45) is 0.139. The van der Waals surface area contributed by atoms with Gasteiger partial charge in [-0.25, -0.2) is 13.8 Å². The third-order valence-corrected chi connectivity index (χ3v) is 3.85. The maximum absolute atomic E-state index is 13.0. The summed E-state index contributed by atoms with van der Waals surface area (Å²) in [7, 11) is 0. The van der Waals surface area contributed by atoms with Crippen molar-refractivity contribution in [3.8, 4) is 0 Å². The summed E-state index contributed by atoms with van der Waals surface area (Å²) in [5, 5.41) is 8.40. The molecule has 4 rings (SSSR count). The van der Waals surface area contributed by atoms with Crippen molar-refractivity contribution in [2.45, 2.75) is 13.0 Å². The van der Waals surface area contributed by atoms with E-state index in [0.29, 0.717) is 17.7 Å². The van der Waals surface area contributed by atoms with E-state index in [-0.39, 0.29) is 17.0 Å². The Kier molecular flexibility index (Phi) is 3.60. The third kappa shape index (κ3) is 2.69. The number of halogens is 2. The first-order valence-corrected chi connectivity index (χ1v) is 7.45. The molecule has 3 aromatic heterocycles. The van der Waals surface area contributed by atoms with Crippen molar-refractivity contribution in [2.75, 3.05) is 5.32 Å². The standard InChI is InChI=1S/C16H12F2N6O/c17-14(18)12-5-13(24-16(23-12)21-8-22-24)19-6-9-7-20-15(25)11-4-2-1-3-10(9)11/h1-5,7-8,14,19H,6H2,(H,20,25). The zero-order valence-corrected chi connectivity index (χ0v) is 12.8. The molecule has 0 atom stereocenters. The monoisotopic (exact) mass is 342 g/mol. The van der Waals surface area contributed by atoms with Crippen molar-refractivity contribution in [3.05, 3.63) is 64.5 Å². The number of aromatic nitrogens is 5. The minimum atomic E-state index is -2.71. The molecule has 0 aliphatic carbocycles. The van der Waals surface area contributed by atoms with Crippen LogP contribution >= 0.6 is 0 Å². The molecule has 4 aromatic rings. The molecule has 0 bridgehead atoms. The molecule has 7 nitrogen and oxygen atoms in total. The van der Waals surface area contributed by atoms with E-state index < -0.39 is 6.43 Å². The topological polar surface area (TPSA) is 88.0 Å². The van der Waals surface area contributed by atoms with Crippen LogP contribution in [0.3, 0.4) is 0 Å². The van der Waals surface area contributed by atoms with Crippen molar-refractivity contribution in [1.82, 2.24) is 24.6 Å². The fourth-order valence-electron chi connectivity index (χ4n) is 2.67. The lowest BCUT2D eigenvalue weighted by molar-refractivity contribution is 0.146. The summed E-state index contributed by atoms with van der Waals surface area (Å²) in [6.45, 7) is 0.305. The molecule has 3 heterocycles. The Morgan fingerprint density at radius 3 is 2.84 bits per heavy atom. The predicted molar refractivity (Wildman–Crippen MR) is 87.6 cm³/mol. The summed E-state index contributed by atoms with van der Waals surface area (Å²) >= 11 is 0. The first kappa shape index (κ1) is 15.2. The van der Waals surface area contributed by atoms with Crippen LogP contribution < -0.4 is 10.9 Å². The van der Waals surface area contributed by atoms with Crippen LogP contribution in [0.5, 0.6) is 0 Å². The normalized spacial score (nSPS) is 11.5. The van der Waals surface area contributed by atoms with Crippen LogP contribution in [0.2, 0.25) is 0 Å². The number of fused-ring (bicyclic) bond motifs is 2. The lowest BCUT2D eigenvalue weighted by Gasteiger charge is -2.11. The Bertz CT molecular complexity index is 1120. The Morgan fingerprint density at radius 1 is 1.24 bits per heavy atom. The van der Waals surface area contributed by atoms with Gasteiger partial charge in [-0.15, -0.1) is 0 Å². The zero-order chi connectivity index (χ0) is 17.4. The van der Waals surface area contributed by atoms with Crippen molar-refractivity contribution in [3.63, 3.8) is 0 Å². The molecule has 2 N–H and O–H groups in total. The van der Waals surface area contributed by atoms with E-state index in [1.54, 1.807) is 18.3 Å². The van der Waals surface area contributed by atoms with Crippen molar-refractivity contribution >= 4 is 22.4 Å². The van der Waals surface area contributed by atoms with Crippen LogP contribution in [0.15, 0.2) is 47.7 Å². The molecule has 0 saturated heterocycles. The van der Waals surface area contributed by atoms with Crippen molar-refractivity contribution in [1.29, 1.82) is 0 Å². The largest absolute Gasteiger partial charge is 0.366 e. The number of hydrogen-bond acceptors (Lipinski definition) is 5. The summed E-state index contributed by atoms with van der Waals surface area (Å²) in [6, 6.07) is 8.42. The van der Waals surface area contributed by atoms with Crippen LogP contribution in [0.1, 0.15) is 17.7 Å². The van der Waals surface area contributed by atoms with Crippen molar-refractivity contribution < 1.29 is 8.78 Å². The van der Waals surface area contributed by atoms with E-state index >= 15 is 0 Å². The SMILES string of the molecule is O=c1[nH]cc(CNc2cc(C(F)F)nc3ncnn23)c2ccccc12. The molecule has 25 heavy (non-hydrogen) atoms. The van der Waals surface area contributed by atoms with Crippen LogP contribution in [-0.2, 0) is 6.54 Å². The molecule has 0 amide bonds. The van der Waals surface area contributed by atoms with Gasteiger partial charge in [-0.2, -0.15) is 14.6 Å². The number of H-pyrrole nitrogens is 1. The third-order valence-electron chi connectivity index (χ3n) is 3.85. The lowest BCUT2D eigenvalue weighted by atomic mass is 10.1. The Hall–Kier alpha value is -3.36. The zero-order valence-electron chi connectivity index (χ0n) is 12.8. The summed E-state index contributed by atoms with van der Waals surface area (Å²) < 4.78 is 27.4. The van der Waals surface area contributed by atoms with E-state index in [1.807, 2.05) is 12.1 Å². The van der Waals surface area contributed by atoms with Gasteiger partial charge in [0.2, 0.25) is 0 Å². The average molecular weight is 342 g/mol. The lowest BCUT2D eigenvalue weighted by Crippen LogP contribution is -2.11. The quantitative estimate of drug-likeness (QED) is 0.595. The molecule has 1 aromatic carbocycles. The number of rotatable bonds is 4. The van der Waals surface area contributed by atoms with Gasteiger partial charge in [0, 0.05) is 24.2 Å². The number of nitrogens with one attached hydrogen (secondary N) is 2. The van der Waals surface area contributed by atoms with Gasteiger partial charge in [0.25, 0.3) is 17.8 Å². The minimum Gasteiger partial charge on any atom is -0.366 e. The first-order chi connectivity index (χ1) is 12.1. The van der Waals surface area contributed by atoms with Gasteiger partial charge in [0.05, 0.1) is 0 Å². The maximum atomic E-state index is 13.0. The number of anilines is 1. The summed E-state index contributed by atoms with van der Waals surface area (Å²) in [4.78, 5) is 22.2. The molecule has 0 radical (unpaired) electrons. The molecule has 0 fully saturated rings. The number of alkyl halides is 2. The maximum Gasteiger partial charge on any atom is 0.280 e. The van der Waals surface area contributed by atoms with Crippen molar-refractivity contribution in [2.24, 2.45) is 0 Å². The number of pyridine rings is 1. The van der Waals surface area contributed by atoms with Gasteiger partial charge in [-0.05, 0) is 17.0 Å². The molecule has 0 saturated carbocycles. The Labute approximate surface area is 139 Å². The average Bonchev–Trinajstić information content (AvgIpc) is 3.10. The highest BCUT2D eigenvalue weighted by molar-refractivity contribution is 5.84. The van der Waals surface area contributed by atoms with Crippen LogP contribution in [0.25, 0.3) is 16.6 Å². The summed E-state index contributed by atoms with van der Waals surface area (Å²) in [5.41, 5.74) is 0.259. The van der Waals surface area contributed by atoms with Crippen LogP contribution in [0.4, 0.5) is 14.6 Å². The Balaban J connectivity index is 1.73. The fraction of sp³-hybridized carbons (Fsp3) is 0.125. The molecule has 0 spiro atoms. The van der Waals surface area contributed by atoms with Crippen LogP contribution in [0, 0.1) is 0 Å². The fourth-order valence-corrected chi connectivity index (χ4v) is 2.67. The van der Waals surface area contributed by atoms with E-state index in [1.165, 1.54) is 16.9 Å². The smallest absolute Gasteiger partial charge is 0.280 e.